The number of pyridine rings is 1. The number of aliphatic imine (C=N–C) groups is 1. The third kappa shape index (κ3) is 5.77. The van der Waals surface area contributed by atoms with Crippen LogP contribution in [0.2, 0.25) is 0 Å². The molecule has 2 aromatic heterocycles. The van der Waals surface area contributed by atoms with Crippen LogP contribution in [0.15, 0.2) is 29.5 Å². The molecule has 1 unspecified atom stereocenters. The van der Waals surface area contributed by atoms with Crippen molar-refractivity contribution in [2.75, 3.05) is 38.2 Å². The van der Waals surface area contributed by atoms with Gasteiger partial charge in [0.1, 0.15) is 17.5 Å². The van der Waals surface area contributed by atoms with Gasteiger partial charge in [-0.2, -0.15) is 13.2 Å². The van der Waals surface area contributed by atoms with Gasteiger partial charge >= 0.3 is 12.1 Å². The second-order valence-corrected chi connectivity index (χ2v) is 8.85. The SMILES string of the molecule is COC(=O)c1ccc(N2CCCN(C(C)=N/C=C(\C)c3nc4c([nH]3)=CC(C(F)(F)F)CC=4)CC2)nc1. The number of esters is 1. The lowest BCUT2D eigenvalue weighted by Gasteiger charge is -2.23. The van der Waals surface area contributed by atoms with E-state index < -0.39 is 18.1 Å². The van der Waals surface area contributed by atoms with Crippen molar-refractivity contribution in [3.8, 4) is 0 Å². The molecule has 0 bridgehead atoms. The molecule has 11 heteroatoms. The van der Waals surface area contributed by atoms with Gasteiger partial charge in [-0.1, -0.05) is 6.08 Å². The molecule has 2 aliphatic rings. The van der Waals surface area contributed by atoms with Crippen LogP contribution in [0.25, 0.3) is 17.7 Å². The molecule has 1 atom stereocenters. The fraction of sp³-hybridized carbons (Fsp3) is 0.440. The maximum absolute atomic E-state index is 13.1. The number of aromatic amines is 1. The molecule has 36 heavy (non-hydrogen) atoms. The summed E-state index contributed by atoms with van der Waals surface area (Å²) in [6.45, 7) is 6.92. The average Bonchev–Trinajstić information content (AvgIpc) is 3.15. The van der Waals surface area contributed by atoms with Crippen LogP contribution in [0.1, 0.15) is 42.9 Å². The van der Waals surface area contributed by atoms with Crippen molar-refractivity contribution in [2.24, 2.45) is 10.9 Å². The molecule has 0 saturated carbocycles. The van der Waals surface area contributed by atoms with Crippen molar-refractivity contribution in [2.45, 2.75) is 32.9 Å². The normalized spacial score (nSPS) is 19.2. The van der Waals surface area contributed by atoms with Crippen LogP contribution in [0, 0.1) is 5.92 Å². The minimum atomic E-state index is -4.27. The number of hydrogen-bond acceptors (Lipinski definition) is 6. The Kier molecular flexibility index (Phi) is 7.46. The molecule has 0 aromatic carbocycles. The number of imidazole rings is 1. The molecule has 1 N–H and O–H groups in total. The van der Waals surface area contributed by atoms with Crippen LogP contribution < -0.4 is 15.6 Å². The van der Waals surface area contributed by atoms with E-state index in [2.05, 4.69) is 29.7 Å². The zero-order valence-electron chi connectivity index (χ0n) is 20.5. The summed E-state index contributed by atoms with van der Waals surface area (Å²) in [5, 5.41) is 0.938. The molecule has 4 rings (SSSR count). The van der Waals surface area contributed by atoms with Crippen LogP contribution in [0.3, 0.4) is 0 Å². The highest BCUT2D eigenvalue weighted by molar-refractivity contribution is 5.89. The Morgan fingerprint density at radius 3 is 2.72 bits per heavy atom. The highest BCUT2D eigenvalue weighted by atomic mass is 19.4. The van der Waals surface area contributed by atoms with Crippen molar-refractivity contribution in [3.05, 3.63) is 46.6 Å². The largest absolute Gasteiger partial charge is 0.465 e. The summed E-state index contributed by atoms with van der Waals surface area (Å²) < 4.78 is 43.9. The van der Waals surface area contributed by atoms with Gasteiger partial charge in [0.25, 0.3) is 0 Å². The fourth-order valence-corrected chi connectivity index (χ4v) is 4.22. The van der Waals surface area contributed by atoms with Gasteiger partial charge in [-0.3, -0.25) is 0 Å². The van der Waals surface area contributed by atoms with E-state index in [1.807, 2.05) is 19.9 Å². The van der Waals surface area contributed by atoms with Crippen LogP contribution in [0.4, 0.5) is 19.0 Å². The molecular weight excluding hydrogens is 473 g/mol. The first kappa shape index (κ1) is 25.5. The maximum atomic E-state index is 13.1. The summed E-state index contributed by atoms with van der Waals surface area (Å²) >= 11 is 0. The van der Waals surface area contributed by atoms with E-state index >= 15 is 0 Å². The molecular formula is C25H29F3N6O2. The number of H-pyrrole nitrogens is 1. The number of anilines is 1. The van der Waals surface area contributed by atoms with Crippen molar-refractivity contribution >= 4 is 35.3 Å². The lowest BCUT2D eigenvalue weighted by atomic mass is 10.0. The van der Waals surface area contributed by atoms with Gasteiger partial charge in [-0.05, 0) is 44.9 Å². The number of allylic oxidation sites excluding steroid dienone is 1. The number of carbonyl (C=O) groups is 1. The van der Waals surface area contributed by atoms with E-state index in [-0.39, 0.29) is 6.42 Å². The monoisotopic (exact) mass is 502 g/mol. The quantitative estimate of drug-likeness (QED) is 0.393. The molecule has 0 spiro atoms. The fourth-order valence-electron chi connectivity index (χ4n) is 4.22. The average molecular weight is 503 g/mol. The number of hydrogen-bond donors (Lipinski definition) is 1. The Balaban J connectivity index is 1.41. The Morgan fingerprint density at radius 2 is 2.03 bits per heavy atom. The summed E-state index contributed by atoms with van der Waals surface area (Å²) in [7, 11) is 1.34. The number of methoxy groups -OCH3 is 1. The molecule has 0 radical (unpaired) electrons. The molecule has 1 fully saturated rings. The smallest absolute Gasteiger partial charge is 0.395 e. The second kappa shape index (κ2) is 10.5. The standard InChI is InChI=1S/C25H29F3N6O2/c1-16(23-31-20-7-6-19(25(26,27)28)13-21(20)32-23)14-29-17(2)33-9-4-10-34(12-11-33)22-8-5-18(15-30-22)24(35)36-3/h5,7-8,13-15,19H,4,6,9-12H2,1-3H3,(H,31,32)/b16-14+,29-17?. The van der Waals surface area contributed by atoms with Gasteiger partial charge in [0.2, 0.25) is 0 Å². The van der Waals surface area contributed by atoms with E-state index in [4.69, 9.17) is 4.74 Å². The predicted molar refractivity (Wildman–Crippen MR) is 132 cm³/mol. The van der Waals surface area contributed by atoms with Crippen molar-refractivity contribution in [1.82, 2.24) is 19.9 Å². The van der Waals surface area contributed by atoms with Crippen molar-refractivity contribution in [1.29, 1.82) is 0 Å². The van der Waals surface area contributed by atoms with Crippen molar-refractivity contribution < 1.29 is 22.7 Å². The molecule has 1 saturated heterocycles. The van der Waals surface area contributed by atoms with E-state index in [9.17, 15) is 18.0 Å². The number of amidine groups is 1. The van der Waals surface area contributed by atoms with Crippen LogP contribution in [-0.4, -0.2) is 71.1 Å². The number of nitrogens with zero attached hydrogens (tertiary/aromatic N) is 5. The lowest BCUT2D eigenvalue weighted by molar-refractivity contribution is -0.155. The highest BCUT2D eigenvalue weighted by Crippen LogP contribution is 2.30. The zero-order chi connectivity index (χ0) is 25.9. The molecule has 0 amide bonds. The number of rotatable bonds is 4. The van der Waals surface area contributed by atoms with Gasteiger partial charge in [0.15, 0.2) is 0 Å². The zero-order valence-corrected chi connectivity index (χ0v) is 20.5. The van der Waals surface area contributed by atoms with Gasteiger partial charge in [0.05, 0.1) is 29.3 Å². The topological polar surface area (TPSA) is 86.7 Å². The van der Waals surface area contributed by atoms with E-state index in [0.29, 0.717) is 22.1 Å². The Labute approximate surface area is 206 Å². The highest BCUT2D eigenvalue weighted by Gasteiger charge is 2.38. The van der Waals surface area contributed by atoms with Gasteiger partial charge in [0, 0.05) is 44.1 Å². The van der Waals surface area contributed by atoms with Gasteiger partial charge < -0.3 is 19.5 Å². The molecule has 2 aromatic rings. The van der Waals surface area contributed by atoms with Crippen LogP contribution >= 0.6 is 0 Å². The van der Waals surface area contributed by atoms with Gasteiger partial charge in [-0.25, -0.2) is 19.8 Å². The number of fused-ring (bicyclic) bond motifs is 1. The lowest BCUT2D eigenvalue weighted by Crippen LogP contribution is -2.34. The summed E-state index contributed by atoms with van der Waals surface area (Å²) in [4.78, 5) is 32.4. The van der Waals surface area contributed by atoms with Crippen LogP contribution in [0.5, 0.6) is 0 Å². The summed E-state index contributed by atoms with van der Waals surface area (Å²) in [5.74, 6) is 0.249. The molecule has 1 aliphatic heterocycles. The summed E-state index contributed by atoms with van der Waals surface area (Å²) in [6.07, 6.45) is 2.48. The predicted octanol–water partition coefficient (Wildman–Crippen LogP) is 2.73. The number of nitrogens with one attached hydrogen (secondary N) is 1. The molecule has 192 valence electrons. The van der Waals surface area contributed by atoms with Gasteiger partial charge in [-0.15, -0.1) is 0 Å². The van der Waals surface area contributed by atoms with E-state index in [1.54, 1.807) is 12.3 Å². The number of aromatic nitrogens is 3. The first-order valence-electron chi connectivity index (χ1n) is 11.8. The molecule has 1 aliphatic carbocycles. The Morgan fingerprint density at radius 1 is 1.22 bits per heavy atom. The van der Waals surface area contributed by atoms with Crippen molar-refractivity contribution in [3.63, 3.8) is 0 Å². The maximum Gasteiger partial charge on any atom is 0.395 e. The number of halogens is 3. The first-order valence-corrected chi connectivity index (χ1v) is 11.8. The molecule has 3 heterocycles. The van der Waals surface area contributed by atoms with E-state index in [1.165, 1.54) is 25.5 Å². The number of alkyl halides is 3. The Bertz CT molecular complexity index is 1280. The first-order chi connectivity index (χ1) is 17.2. The number of carbonyl (C=O) groups excluding carboxylic acids is 1. The Hall–Kier alpha value is -3.63. The molecule has 8 nitrogen and oxygen atoms in total. The third-order valence-corrected chi connectivity index (χ3v) is 6.38. The minimum Gasteiger partial charge on any atom is -0.465 e. The third-order valence-electron chi connectivity index (χ3n) is 6.38. The summed E-state index contributed by atoms with van der Waals surface area (Å²) in [6, 6.07) is 3.53. The number of ether oxygens (including phenoxy) is 1. The van der Waals surface area contributed by atoms with E-state index in [0.717, 1.165) is 49.8 Å². The van der Waals surface area contributed by atoms with Crippen LogP contribution in [-0.2, 0) is 4.74 Å². The summed E-state index contributed by atoms with van der Waals surface area (Å²) in [5.41, 5.74) is 1.15. The minimum absolute atomic E-state index is 0.0995. The second-order valence-electron chi connectivity index (χ2n) is 8.85.